The molecule has 124 valence electrons. The summed E-state index contributed by atoms with van der Waals surface area (Å²) in [6.45, 7) is 3.17. The largest absolute Gasteiger partial charge is 0.322 e. The van der Waals surface area contributed by atoms with E-state index in [-0.39, 0.29) is 5.91 Å². The van der Waals surface area contributed by atoms with Crippen LogP contribution in [0.1, 0.15) is 29.8 Å². The number of hydrogen-bond donors (Lipinski definition) is 2. The van der Waals surface area contributed by atoms with Crippen molar-refractivity contribution in [3.05, 3.63) is 59.7 Å². The van der Waals surface area contributed by atoms with Gasteiger partial charge in [0.2, 0.25) is 10.0 Å². The number of hydrogen-bond acceptors (Lipinski definition) is 4. The van der Waals surface area contributed by atoms with Crippen LogP contribution in [0.2, 0.25) is 0 Å². The van der Waals surface area contributed by atoms with Crippen molar-refractivity contribution in [1.29, 1.82) is 5.26 Å². The van der Waals surface area contributed by atoms with Gasteiger partial charge in [-0.3, -0.25) is 9.52 Å². The van der Waals surface area contributed by atoms with Crippen molar-refractivity contribution < 1.29 is 13.2 Å². The lowest BCUT2D eigenvalue weighted by Gasteiger charge is -2.11. The van der Waals surface area contributed by atoms with Crippen LogP contribution in [-0.4, -0.2) is 19.6 Å². The highest BCUT2D eigenvalue weighted by molar-refractivity contribution is 7.93. The minimum atomic E-state index is -3.42. The standard InChI is InChI=1S/C17H17N3O3S/c1-12(2)24(22,23)20-16-9-5-14(6-10-16)17(21)19-15-7-3-13(11-18)4-8-15/h3-10,12,20H,1-2H3,(H,19,21). The van der Waals surface area contributed by atoms with Gasteiger partial charge in [-0.1, -0.05) is 0 Å². The molecule has 7 heteroatoms. The lowest BCUT2D eigenvalue weighted by molar-refractivity contribution is 0.102. The van der Waals surface area contributed by atoms with E-state index in [9.17, 15) is 13.2 Å². The van der Waals surface area contributed by atoms with Gasteiger partial charge in [0.05, 0.1) is 16.9 Å². The minimum absolute atomic E-state index is 0.321. The fourth-order valence-corrected chi connectivity index (χ4v) is 2.50. The van der Waals surface area contributed by atoms with Crippen molar-refractivity contribution >= 4 is 27.3 Å². The van der Waals surface area contributed by atoms with E-state index in [2.05, 4.69) is 10.0 Å². The van der Waals surface area contributed by atoms with Gasteiger partial charge in [0, 0.05) is 16.9 Å². The molecule has 2 aromatic carbocycles. The highest BCUT2D eigenvalue weighted by atomic mass is 32.2. The molecule has 2 rings (SSSR count). The Hall–Kier alpha value is -2.85. The van der Waals surface area contributed by atoms with E-state index >= 15 is 0 Å². The third-order valence-corrected chi connectivity index (χ3v) is 5.06. The maximum absolute atomic E-state index is 12.2. The zero-order valence-corrected chi connectivity index (χ0v) is 14.1. The molecule has 0 bridgehead atoms. The van der Waals surface area contributed by atoms with Gasteiger partial charge in [0.15, 0.2) is 0 Å². The summed E-state index contributed by atoms with van der Waals surface area (Å²) in [5.41, 5.74) is 1.88. The third-order valence-electron chi connectivity index (χ3n) is 3.30. The highest BCUT2D eigenvalue weighted by Gasteiger charge is 2.15. The van der Waals surface area contributed by atoms with E-state index in [4.69, 9.17) is 5.26 Å². The number of nitriles is 1. The quantitative estimate of drug-likeness (QED) is 0.872. The van der Waals surface area contributed by atoms with Crippen molar-refractivity contribution in [2.24, 2.45) is 0 Å². The zero-order chi connectivity index (χ0) is 17.7. The van der Waals surface area contributed by atoms with Crippen LogP contribution in [0, 0.1) is 11.3 Å². The molecule has 2 aromatic rings. The van der Waals surface area contributed by atoms with Crippen LogP contribution in [0.5, 0.6) is 0 Å². The van der Waals surface area contributed by atoms with Crippen LogP contribution in [0.3, 0.4) is 0 Å². The maximum atomic E-state index is 12.2. The van der Waals surface area contributed by atoms with Crippen molar-refractivity contribution in [2.45, 2.75) is 19.1 Å². The summed E-state index contributed by atoms with van der Waals surface area (Å²) >= 11 is 0. The number of amides is 1. The number of anilines is 2. The van der Waals surface area contributed by atoms with Crippen LogP contribution in [-0.2, 0) is 10.0 Å². The van der Waals surface area contributed by atoms with Crippen molar-refractivity contribution in [2.75, 3.05) is 10.0 Å². The normalized spacial score (nSPS) is 10.9. The number of nitrogens with zero attached hydrogens (tertiary/aromatic N) is 1. The molecule has 0 aliphatic rings. The molecule has 6 nitrogen and oxygen atoms in total. The van der Waals surface area contributed by atoms with E-state index in [1.807, 2.05) is 6.07 Å². The summed E-state index contributed by atoms with van der Waals surface area (Å²) in [7, 11) is -3.42. The Kier molecular flexibility index (Phi) is 5.21. The first kappa shape index (κ1) is 17.5. The minimum Gasteiger partial charge on any atom is -0.322 e. The Labute approximate surface area is 141 Å². The molecular weight excluding hydrogens is 326 g/mol. The SMILES string of the molecule is CC(C)S(=O)(=O)Nc1ccc(C(=O)Nc2ccc(C#N)cc2)cc1. The second kappa shape index (κ2) is 7.15. The molecule has 0 aromatic heterocycles. The first-order chi connectivity index (χ1) is 11.3. The molecule has 0 aliphatic heterocycles. The van der Waals surface area contributed by atoms with Gasteiger partial charge in [-0.05, 0) is 62.4 Å². The summed E-state index contributed by atoms with van der Waals surface area (Å²) in [4.78, 5) is 12.2. The average Bonchev–Trinajstić information content (AvgIpc) is 2.55. The van der Waals surface area contributed by atoms with Crippen LogP contribution >= 0.6 is 0 Å². The lowest BCUT2D eigenvalue weighted by Crippen LogP contribution is -2.22. The van der Waals surface area contributed by atoms with E-state index in [0.29, 0.717) is 22.5 Å². The number of carbonyl (C=O) groups excluding carboxylic acids is 1. The van der Waals surface area contributed by atoms with Gasteiger partial charge >= 0.3 is 0 Å². The number of nitrogens with one attached hydrogen (secondary N) is 2. The molecule has 0 aliphatic carbocycles. The second-order valence-electron chi connectivity index (χ2n) is 5.42. The Morgan fingerprint density at radius 1 is 1.00 bits per heavy atom. The second-order valence-corrected chi connectivity index (χ2v) is 7.65. The first-order valence-electron chi connectivity index (χ1n) is 7.25. The van der Waals surface area contributed by atoms with Crippen LogP contribution in [0.15, 0.2) is 48.5 Å². The molecule has 0 radical (unpaired) electrons. The number of rotatable bonds is 5. The van der Waals surface area contributed by atoms with E-state index in [0.717, 1.165) is 0 Å². The Morgan fingerprint density at radius 2 is 1.54 bits per heavy atom. The van der Waals surface area contributed by atoms with Crippen LogP contribution < -0.4 is 10.0 Å². The molecule has 0 saturated carbocycles. The van der Waals surface area contributed by atoms with Crippen molar-refractivity contribution in [3.8, 4) is 6.07 Å². The molecule has 0 spiro atoms. The fraction of sp³-hybridized carbons (Fsp3) is 0.176. The Balaban J connectivity index is 2.07. The van der Waals surface area contributed by atoms with Gasteiger partial charge in [-0.25, -0.2) is 8.42 Å². The molecule has 0 saturated heterocycles. The summed E-state index contributed by atoms with van der Waals surface area (Å²) in [6.07, 6.45) is 0. The van der Waals surface area contributed by atoms with Gasteiger partial charge in [0.25, 0.3) is 5.91 Å². The van der Waals surface area contributed by atoms with E-state index in [1.165, 1.54) is 24.3 Å². The summed E-state index contributed by atoms with van der Waals surface area (Å²) in [5, 5.41) is 10.9. The van der Waals surface area contributed by atoms with Crippen LogP contribution in [0.4, 0.5) is 11.4 Å². The number of benzene rings is 2. The fourth-order valence-electron chi connectivity index (χ4n) is 1.80. The maximum Gasteiger partial charge on any atom is 0.255 e. The monoisotopic (exact) mass is 343 g/mol. The molecule has 0 fully saturated rings. The van der Waals surface area contributed by atoms with Crippen molar-refractivity contribution in [3.63, 3.8) is 0 Å². The van der Waals surface area contributed by atoms with Crippen LogP contribution in [0.25, 0.3) is 0 Å². The predicted octanol–water partition coefficient (Wildman–Crippen LogP) is 2.96. The topological polar surface area (TPSA) is 99.1 Å². The first-order valence-corrected chi connectivity index (χ1v) is 8.79. The Bertz CT molecular complexity index is 865. The predicted molar refractivity (Wildman–Crippen MR) is 93.2 cm³/mol. The number of carbonyl (C=O) groups is 1. The molecular formula is C17H17N3O3S. The van der Waals surface area contributed by atoms with Crippen molar-refractivity contribution in [1.82, 2.24) is 0 Å². The molecule has 2 N–H and O–H groups in total. The summed E-state index contributed by atoms with van der Waals surface area (Å²) < 4.78 is 26.1. The van der Waals surface area contributed by atoms with Gasteiger partial charge < -0.3 is 5.32 Å². The van der Waals surface area contributed by atoms with Gasteiger partial charge in [-0.2, -0.15) is 5.26 Å². The molecule has 0 unspecified atom stereocenters. The molecule has 0 atom stereocenters. The zero-order valence-electron chi connectivity index (χ0n) is 13.3. The van der Waals surface area contributed by atoms with Gasteiger partial charge in [0.1, 0.15) is 0 Å². The Morgan fingerprint density at radius 3 is 2.04 bits per heavy atom. The average molecular weight is 343 g/mol. The molecule has 24 heavy (non-hydrogen) atoms. The van der Waals surface area contributed by atoms with E-state index in [1.54, 1.807) is 38.1 Å². The molecule has 0 heterocycles. The lowest BCUT2D eigenvalue weighted by atomic mass is 10.2. The molecule has 1 amide bonds. The third kappa shape index (κ3) is 4.33. The van der Waals surface area contributed by atoms with Gasteiger partial charge in [-0.15, -0.1) is 0 Å². The smallest absolute Gasteiger partial charge is 0.255 e. The summed E-state index contributed by atoms with van der Waals surface area (Å²) in [5.74, 6) is -0.321. The van der Waals surface area contributed by atoms with E-state index < -0.39 is 15.3 Å². The summed E-state index contributed by atoms with van der Waals surface area (Å²) in [6, 6.07) is 14.7. The number of sulfonamides is 1. The highest BCUT2D eigenvalue weighted by Crippen LogP contribution is 2.15.